The summed E-state index contributed by atoms with van der Waals surface area (Å²) >= 11 is 0. The fraction of sp³-hybridized carbons (Fsp3) is 0.600. The quantitative estimate of drug-likeness (QED) is 0.535. The predicted octanol–water partition coefficient (Wildman–Crippen LogP) is 0.223. The summed E-state index contributed by atoms with van der Waals surface area (Å²) in [4.78, 5) is 23.6. The summed E-state index contributed by atoms with van der Waals surface area (Å²) in [6, 6.07) is 0. The Balaban J connectivity index is 1.73. The zero-order valence-electron chi connectivity index (χ0n) is 14.4. The number of aliphatic hydroxyl groups excluding tert-OH is 1. The third-order valence-electron chi connectivity index (χ3n) is 4.32. The van der Waals surface area contributed by atoms with Gasteiger partial charge >= 0.3 is 0 Å². The summed E-state index contributed by atoms with van der Waals surface area (Å²) in [5.74, 6) is 0.0500. The number of aromatic amines is 2. The van der Waals surface area contributed by atoms with Crippen LogP contribution in [-0.2, 0) is 15.8 Å². The number of ether oxygens (including phenoxy) is 1. The van der Waals surface area contributed by atoms with Crippen molar-refractivity contribution in [2.45, 2.75) is 12.6 Å². The zero-order valence-corrected chi connectivity index (χ0v) is 15.3. The second-order valence-corrected chi connectivity index (χ2v) is 10.4. The Hall–Kier alpha value is -1.67. The molecule has 0 aliphatic carbocycles. The van der Waals surface area contributed by atoms with Crippen LogP contribution in [-0.4, -0.2) is 70.4 Å². The fourth-order valence-corrected chi connectivity index (χ4v) is 3.69. The minimum atomic E-state index is -2.26. The molecule has 1 saturated heterocycles. The van der Waals surface area contributed by atoms with Gasteiger partial charge in [-0.2, -0.15) is 0 Å². The number of rotatable bonds is 6. The van der Waals surface area contributed by atoms with Crippen LogP contribution in [0.25, 0.3) is 11.0 Å². The lowest BCUT2D eigenvalue weighted by atomic mass is 10.1. The summed E-state index contributed by atoms with van der Waals surface area (Å²) in [6.45, 7) is 5.22. The fourth-order valence-electron chi connectivity index (χ4n) is 3.14. The molecule has 0 saturated carbocycles. The smallest absolute Gasteiger partial charge is 0.276 e. The minimum absolute atomic E-state index is 0.0116. The Bertz CT molecular complexity index is 857. The highest BCUT2D eigenvalue weighted by Gasteiger charge is 2.34. The Morgan fingerprint density at radius 2 is 2.24 bits per heavy atom. The highest BCUT2D eigenvalue weighted by Crippen LogP contribution is 2.37. The number of nitrogens with two attached hydrogens (primary N) is 1. The molecule has 1 aliphatic rings. The topological polar surface area (TPSA) is 137 Å². The largest absolute Gasteiger partial charge is 0.396 e. The normalized spacial score (nSPS) is 22.0. The van der Waals surface area contributed by atoms with Gasteiger partial charge in [0.05, 0.1) is 12.5 Å². The number of nitrogens with zero attached hydrogens (tertiary/aromatic N) is 2. The van der Waals surface area contributed by atoms with Gasteiger partial charge in [0.25, 0.3) is 5.56 Å². The van der Waals surface area contributed by atoms with E-state index in [1.54, 1.807) is 19.5 Å². The lowest BCUT2D eigenvalue weighted by Gasteiger charge is -2.18. The number of fused-ring (bicyclic) bond motifs is 1. The third-order valence-corrected chi connectivity index (χ3v) is 5.09. The van der Waals surface area contributed by atoms with Crippen molar-refractivity contribution in [2.24, 2.45) is 5.92 Å². The van der Waals surface area contributed by atoms with Gasteiger partial charge in [0, 0.05) is 43.9 Å². The van der Waals surface area contributed by atoms with Crippen molar-refractivity contribution in [3.63, 3.8) is 0 Å². The van der Waals surface area contributed by atoms with Gasteiger partial charge in [0.2, 0.25) is 5.95 Å². The average molecular weight is 369 g/mol. The monoisotopic (exact) mass is 369 g/mol. The van der Waals surface area contributed by atoms with Crippen LogP contribution in [0.5, 0.6) is 0 Å². The molecule has 2 aromatic heterocycles. The van der Waals surface area contributed by atoms with Gasteiger partial charge in [-0.1, -0.05) is 0 Å². The first kappa shape index (κ1) is 18.1. The molecule has 2 unspecified atom stereocenters. The SMILES string of the molecule is CP(C)(=O)COC1CN(Cc2c[nH]c3c(=O)[nH]c(N)nc23)CC1CO. The van der Waals surface area contributed by atoms with Crippen LogP contribution in [0.2, 0.25) is 0 Å². The van der Waals surface area contributed by atoms with E-state index in [0.717, 1.165) is 5.56 Å². The molecule has 0 amide bonds. The highest BCUT2D eigenvalue weighted by atomic mass is 31.2. The van der Waals surface area contributed by atoms with Gasteiger partial charge in [-0.05, 0) is 13.3 Å². The van der Waals surface area contributed by atoms with E-state index in [-0.39, 0.29) is 36.5 Å². The second-order valence-electron chi connectivity index (χ2n) is 7.03. The maximum atomic E-state index is 11.9. The molecule has 10 heteroatoms. The number of hydrogen-bond acceptors (Lipinski definition) is 7. The molecule has 0 aromatic carbocycles. The van der Waals surface area contributed by atoms with Crippen LogP contribution >= 0.6 is 7.14 Å². The molecule has 1 fully saturated rings. The van der Waals surface area contributed by atoms with Crippen molar-refractivity contribution in [2.75, 3.05) is 45.1 Å². The first-order valence-electron chi connectivity index (χ1n) is 8.11. The zero-order chi connectivity index (χ0) is 18.2. The number of H-pyrrole nitrogens is 2. The van der Waals surface area contributed by atoms with E-state index in [9.17, 15) is 14.5 Å². The Morgan fingerprint density at radius 1 is 1.48 bits per heavy atom. The first-order valence-corrected chi connectivity index (χ1v) is 10.9. The molecule has 0 spiro atoms. The average Bonchev–Trinajstić information content (AvgIpc) is 3.09. The van der Waals surface area contributed by atoms with Crippen LogP contribution < -0.4 is 11.3 Å². The van der Waals surface area contributed by atoms with Crippen molar-refractivity contribution in [3.05, 3.63) is 22.1 Å². The molecule has 5 N–H and O–H groups in total. The molecule has 138 valence electrons. The van der Waals surface area contributed by atoms with Gasteiger partial charge < -0.3 is 25.1 Å². The van der Waals surface area contributed by atoms with Crippen LogP contribution in [0.3, 0.4) is 0 Å². The van der Waals surface area contributed by atoms with Gasteiger partial charge in [-0.25, -0.2) is 4.98 Å². The molecular formula is C15H24N5O4P. The number of aromatic nitrogens is 3. The van der Waals surface area contributed by atoms with E-state index < -0.39 is 7.14 Å². The van der Waals surface area contributed by atoms with E-state index in [1.165, 1.54) is 0 Å². The van der Waals surface area contributed by atoms with E-state index >= 15 is 0 Å². The summed E-state index contributed by atoms with van der Waals surface area (Å²) in [6.07, 6.45) is 1.80. The summed E-state index contributed by atoms with van der Waals surface area (Å²) in [5.41, 5.74) is 7.15. The molecule has 0 radical (unpaired) electrons. The molecule has 3 rings (SSSR count). The number of nitrogen functional groups attached to an aromatic ring is 1. The molecule has 2 aromatic rings. The van der Waals surface area contributed by atoms with E-state index in [0.29, 0.717) is 30.7 Å². The standard InChI is InChI=1S/C15H24N5O4P/c1-25(2,23)8-24-11-6-20(5-10(11)7-21)4-9-3-17-13-12(9)18-15(16)19-14(13)22/h3,10-11,17,21H,4-8H2,1-2H3,(H3,16,18,19,22). The van der Waals surface area contributed by atoms with Gasteiger partial charge in [-0.15, -0.1) is 0 Å². The maximum absolute atomic E-state index is 11.9. The first-order chi connectivity index (χ1) is 11.8. The van der Waals surface area contributed by atoms with Crippen LogP contribution in [0.1, 0.15) is 5.56 Å². The number of anilines is 1. The number of hydrogen-bond donors (Lipinski definition) is 4. The number of likely N-dealkylation sites (tertiary alicyclic amines) is 1. The van der Waals surface area contributed by atoms with Crippen LogP contribution in [0, 0.1) is 5.92 Å². The minimum Gasteiger partial charge on any atom is -0.396 e. The Labute approximate surface area is 144 Å². The molecule has 25 heavy (non-hydrogen) atoms. The Kier molecular flexibility index (Phi) is 5.02. The summed E-state index contributed by atoms with van der Waals surface area (Å²) in [7, 11) is -2.26. The van der Waals surface area contributed by atoms with Crippen molar-refractivity contribution < 1.29 is 14.4 Å². The molecule has 3 heterocycles. The highest BCUT2D eigenvalue weighted by molar-refractivity contribution is 7.62. The van der Waals surface area contributed by atoms with Crippen molar-refractivity contribution in [3.8, 4) is 0 Å². The lowest BCUT2D eigenvalue weighted by Crippen LogP contribution is -2.26. The number of aliphatic hydroxyl groups is 1. The third kappa shape index (κ3) is 4.12. The second kappa shape index (κ2) is 6.92. The lowest BCUT2D eigenvalue weighted by molar-refractivity contribution is 0.0433. The van der Waals surface area contributed by atoms with Crippen molar-refractivity contribution in [1.82, 2.24) is 19.9 Å². The molecule has 1 aliphatic heterocycles. The van der Waals surface area contributed by atoms with Crippen LogP contribution in [0.15, 0.2) is 11.0 Å². The van der Waals surface area contributed by atoms with Gasteiger partial charge in [0.1, 0.15) is 18.2 Å². The number of nitrogens with one attached hydrogen (secondary N) is 2. The molecule has 0 bridgehead atoms. The van der Waals surface area contributed by atoms with Crippen molar-refractivity contribution in [1.29, 1.82) is 0 Å². The summed E-state index contributed by atoms with van der Waals surface area (Å²) < 4.78 is 17.6. The van der Waals surface area contributed by atoms with Crippen molar-refractivity contribution >= 4 is 24.1 Å². The van der Waals surface area contributed by atoms with E-state index in [1.807, 2.05) is 0 Å². The van der Waals surface area contributed by atoms with Gasteiger partial charge in [-0.3, -0.25) is 14.7 Å². The molecule has 9 nitrogen and oxygen atoms in total. The predicted molar refractivity (Wildman–Crippen MR) is 96.2 cm³/mol. The van der Waals surface area contributed by atoms with E-state index in [2.05, 4.69) is 19.9 Å². The Morgan fingerprint density at radius 3 is 2.92 bits per heavy atom. The maximum Gasteiger partial charge on any atom is 0.276 e. The molecular weight excluding hydrogens is 345 g/mol. The summed E-state index contributed by atoms with van der Waals surface area (Å²) in [5, 5.41) is 9.60. The van der Waals surface area contributed by atoms with Crippen LogP contribution in [0.4, 0.5) is 5.95 Å². The van der Waals surface area contributed by atoms with E-state index in [4.69, 9.17) is 10.5 Å². The molecule has 2 atom stereocenters. The van der Waals surface area contributed by atoms with Gasteiger partial charge in [0.15, 0.2) is 0 Å².